The molecule has 1 aliphatic rings. The Kier molecular flexibility index (Phi) is 6.68. The molecule has 0 spiro atoms. The SMILES string of the molecule is NCc1ccc(NC2CCCCC2N)c(NC(=O)OCc2ccccc2)c1. The second-order valence-corrected chi connectivity index (χ2v) is 6.97. The minimum Gasteiger partial charge on any atom is -0.444 e. The summed E-state index contributed by atoms with van der Waals surface area (Å²) in [7, 11) is 0. The van der Waals surface area contributed by atoms with Crippen molar-refractivity contribution in [3.63, 3.8) is 0 Å². The molecule has 3 rings (SSSR count). The number of rotatable bonds is 6. The average molecular weight is 368 g/mol. The molecule has 0 saturated heterocycles. The first-order valence-corrected chi connectivity index (χ1v) is 9.48. The van der Waals surface area contributed by atoms with Crippen molar-refractivity contribution >= 4 is 17.5 Å². The van der Waals surface area contributed by atoms with Gasteiger partial charge >= 0.3 is 6.09 Å². The molecule has 0 aliphatic heterocycles. The molecule has 6 N–H and O–H groups in total. The van der Waals surface area contributed by atoms with E-state index in [1.54, 1.807) is 0 Å². The third-order valence-electron chi connectivity index (χ3n) is 4.93. The van der Waals surface area contributed by atoms with E-state index in [0.29, 0.717) is 12.2 Å². The molecule has 2 aromatic carbocycles. The molecule has 1 saturated carbocycles. The van der Waals surface area contributed by atoms with Crippen molar-refractivity contribution in [1.29, 1.82) is 0 Å². The average Bonchev–Trinajstić information content (AvgIpc) is 2.70. The van der Waals surface area contributed by atoms with Gasteiger partial charge < -0.3 is 21.5 Å². The van der Waals surface area contributed by atoms with Gasteiger partial charge in [-0.25, -0.2) is 4.79 Å². The zero-order chi connectivity index (χ0) is 19.1. The second-order valence-electron chi connectivity index (χ2n) is 6.97. The summed E-state index contributed by atoms with van der Waals surface area (Å²) in [6.07, 6.45) is 3.87. The first-order valence-electron chi connectivity index (χ1n) is 9.48. The molecular formula is C21H28N4O2. The van der Waals surface area contributed by atoms with Gasteiger partial charge in [-0.1, -0.05) is 49.2 Å². The number of anilines is 2. The monoisotopic (exact) mass is 368 g/mol. The van der Waals surface area contributed by atoms with Crippen molar-refractivity contribution in [2.75, 3.05) is 10.6 Å². The van der Waals surface area contributed by atoms with Crippen LogP contribution in [0.3, 0.4) is 0 Å². The van der Waals surface area contributed by atoms with Crippen LogP contribution in [0.1, 0.15) is 36.8 Å². The number of hydrogen-bond acceptors (Lipinski definition) is 5. The number of amides is 1. The molecule has 0 radical (unpaired) electrons. The van der Waals surface area contributed by atoms with E-state index >= 15 is 0 Å². The zero-order valence-corrected chi connectivity index (χ0v) is 15.5. The summed E-state index contributed by atoms with van der Waals surface area (Å²) >= 11 is 0. The van der Waals surface area contributed by atoms with Crippen LogP contribution in [0, 0.1) is 0 Å². The Morgan fingerprint density at radius 2 is 1.81 bits per heavy atom. The number of nitrogens with one attached hydrogen (secondary N) is 2. The molecule has 0 bridgehead atoms. The van der Waals surface area contributed by atoms with Crippen LogP contribution >= 0.6 is 0 Å². The fraction of sp³-hybridized carbons (Fsp3) is 0.381. The molecule has 1 amide bonds. The van der Waals surface area contributed by atoms with Gasteiger partial charge in [0.15, 0.2) is 0 Å². The third-order valence-corrected chi connectivity index (χ3v) is 4.93. The van der Waals surface area contributed by atoms with Crippen molar-refractivity contribution in [2.45, 2.75) is 50.9 Å². The van der Waals surface area contributed by atoms with Crippen LogP contribution in [-0.4, -0.2) is 18.2 Å². The molecule has 6 nitrogen and oxygen atoms in total. The van der Waals surface area contributed by atoms with Crippen molar-refractivity contribution in [3.8, 4) is 0 Å². The minimum absolute atomic E-state index is 0.116. The molecule has 1 aliphatic carbocycles. The Labute approximate surface area is 160 Å². The summed E-state index contributed by atoms with van der Waals surface area (Å²) in [6, 6.07) is 15.7. The summed E-state index contributed by atoms with van der Waals surface area (Å²) in [4.78, 5) is 12.3. The van der Waals surface area contributed by atoms with Crippen molar-refractivity contribution in [1.82, 2.24) is 0 Å². The molecule has 2 atom stereocenters. The van der Waals surface area contributed by atoms with Gasteiger partial charge in [0.05, 0.1) is 11.4 Å². The number of hydrogen-bond donors (Lipinski definition) is 4. The smallest absolute Gasteiger partial charge is 0.412 e. The second kappa shape index (κ2) is 9.39. The molecule has 0 heterocycles. The van der Waals surface area contributed by atoms with Crippen molar-refractivity contribution in [2.24, 2.45) is 11.5 Å². The Hall–Kier alpha value is -2.57. The van der Waals surface area contributed by atoms with Gasteiger partial charge in [-0.3, -0.25) is 5.32 Å². The predicted octanol–water partition coefficient (Wildman–Crippen LogP) is 3.58. The summed E-state index contributed by atoms with van der Waals surface area (Å²) in [5.41, 5.74) is 15.4. The van der Waals surface area contributed by atoms with Crippen LogP contribution in [0.2, 0.25) is 0 Å². The fourth-order valence-electron chi connectivity index (χ4n) is 3.36. The van der Waals surface area contributed by atoms with Crippen molar-refractivity contribution in [3.05, 3.63) is 59.7 Å². The normalized spacial score (nSPS) is 19.3. The topological polar surface area (TPSA) is 102 Å². The van der Waals surface area contributed by atoms with E-state index in [2.05, 4.69) is 10.6 Å². The molecule has 0 aromatic heterocycles. The molecule has 27 heavy (non-hydrogen) atoms. The number of carbonyl (C=O) groups is 1. The summed E-state index contributed by atoms with van der Waals surface area (Å²) in [6.45, 7) is 0.622. The summed E-state index contributed by atoms with van der Waals surface area (Å²) in [5, 5.41) is 6.33. The van der Waals surface area contributed by atoms with Crippen LogP contribution in [0.4, 0.5) is 16.2 Å². The molecule has 2 unspecified atom stereocenters. The van der Waals surface area contributed by atoms with Gasteiger partial charge in [-0.15, -0.1) is 0 Å². The molecule has 2 aromatic rings. The Morgan fingerprint density at radius 3 is 2.56 bits per heavy atom. The Balaban J connectivity index is 1.67. The lowest BCUT2D eigenvalue weighted by atomic mass is 9.91. The van der Waals surface area contributed by atoms with Gasteiger partial charge in [0.1, 0.15) is 6.61 Å². The third kappa shape index (κ3) is 5.45. The lowest BCUT2D eigenvalue weighted by molar-refractivity contribution is 0.155. The fourth-order valence-corrected chi connectivity index (χ4v) is 3.36. The Bertz CT molecular complexity index is 751. The van der Waals surface area contributed by atoms with Gasteiger partial charge in [0.25, 0.3) is 0 Å². The number of carbonyl (C=O) groups excluding carboxylic acids is 1. The van der Waals surface area contributed by atoms with E-state index in [4.69, 9.17) is 16.2 Å². The largest absolute Gasteiger partial charge is 0.444 e. The minimum atomic E-state index is -0.496. The highest BCUT2D eigenvalue weighted by Gasteiger charge is 2.22. The van der Waals surface area contributed by atoms with E-state index in [-0.39, 0.29) is 18.7 Å². The van der Waals surface area contributed by atoms with Gasteiger partial charge in [-0.05, 0) is 36.1 Å². The van der Waals surface area contributed by atoms with Crippen LogP contribution in [0.5, 0.6) is 0 Å². The van der Waals surface area contributed by atoms with E-state index in [0.717, 1.165) is 36.1 Å². The molecular weight excluding hydrogens is 340 g/mol. The van der Waals surface area contributed by atoms with Crippen LogP contribution < -0.4 is 22.1 Å². The number of benzene rings is 2. The maximum absolute atomic E-state index is 12.3. The highest BCUT2D eigenvalue weighted by molar-refractivity contribution is 5.89. The van der Waals surface area contributed by atoms with E-state index < -0.39 is 6.09 Å². The Morgan fingerprint density at radius 1 is 1.04 bits per heavy atom. The standard InChI is InChI=1S/C21H28N4O2/c22-13-16-10-11-19(24-18-9-5-4-8-17(18)23)20(12-16)25-21(26)27-14-15-6-2-1-3-7-15/h1-3,6-7,10-12,17-18,24H,4-5,8-9,13-14,22-23H2,(H,25,26). The first-order chi connectivity index (χ1) is 13.2. The van der Waals surface area contributed by atoms with Crippen molar-refractivity contribution < 1.29 is 9.53 Å². The van der Waals surface area contributed by atoms with Gasteiger partial charge in [0.2, 0.25) is 0 Å². The maximum atomic E-state index is 12.3. The van der Waals surface area contributed by atoms with Crippen LogP contribution in [0.15, 0.2) is 48.5 Å². The number of ether oxygens (including phenoxy) is 1. The van der Waals surface area contributed by atoms with E-state index in [1.165, 1.54) is 6.42 Å². The zero-order valence-electron chi connectivity index (χ0n) is 15.5. The van der Waals surface area contributed by atoms with E-state index in [1.807, 2.05) is 48.5 Å². The summed E-state index contributed by atoms with van der Waals surface area (Å²) < 4.78 is 5.34. The lowest BCUT2D eigenvalue weighted by Gasteiger charge is -2.31. The maximum Gasteiger partial charge on any atom is 0.412 e. The first kappa shape index (κ1) is 19.2. The van der Waals surface area contributed by atoms with E-state index in [9.17, 15) is 4.79 Å². The van der Waals surface area contributed by atoms with Crippen LogP contribution in [-0.2, 0) is 17.9 Å². The number of nitrogens with two attached hydrogens (primary N) is 2. The van der Waals surface area contributed by atoms with Gasteiger partial charge in [0, 0.05) is 18.6 Å². The molecule has 1 fully saturated rings. The van der Waals surface area contributed by atoms with Gasteiger partial charge in [-0.2, -0.15) is 0 Å². The predicted molar refractivity (Wildman–Crippen MR) is 108 cm³/mol. The van der Waals surface area contributed by atoms with Crippen LogP contribution in [0.25, 0.3) is 0 Å². The highest BCUT2D eigenvalue weighted by atomic mass is 16.5. The highest BCUT2D eigenvalue weighted by Crippen LogP contribution is 2.28. The quantitative estimate of drug-likeness (QED) is 0.624. The lowest BCUT2D eigenvalue weighted by Crippen LogP contribution is -2.42. The molecule has 144 valence electrons. The summed E-state index contributed by atoms with van der Waals surface area (Å²) in [5.74, 6) is 0. The molecule has 6 heteroatoms.